The van der Waals surface area contributed by atoms with Crippen molar-refractivity contribution >= 4 is 0 Å². The third-order valence-corrected chi connectivity index (χ3v) is 2.46. The van der Waals surface area contributed by atoms with Crippen LogP contribution in [-0.4, -0.2) is 16.6 Å². The van der Waals surface area contributed by atoms with Gasteiger partial charge in [0.1, 0.15) is 0 Å². The van der Waals surface area contributed by atoms with Gasteiger partial charge in [-0.1, -0.05) is 6.92 Å². The number of hydrogen-bond acceptors (Lipinski definition) is 1. The molecule has 3 heteroatoms. The fraction of sp³-hybridized carbons (Fsp3) is 1.00. The number of aliphatic hydroxyl groups is 1. The normalized spacial score (nSPS) is 43.9. The summed E-state index contributed by atoms with van der Waals surface area (Å²) < 4.78 is 25.7. The Labute approximate surface area is 65.4 Å². The summed E-state index contributed by atoms with van der Waals surface area (Å²) in [6.07, 6.45) is 0.242. The Balaban J connectivity index is 2.63. The van der Waals surface area contributed by atoms with Gasteiger partial charge in [0.25, 0.3) is 5.92 Å². The zero-order valence-corrected chi connectivity index (χ0v) is 6.90. The molecule has 1 saturated carbocycles. The van der Waals surface area contributed by atoms with Gasteiger partial charge in [-0.25, -0.2) is 8.78 Å². The number of rotatable bonds is 0. The zero-order valence-electron chi connectivity index (χ0n) is 6.90. The van der Waals surface area contributed by atoms with Crippen LogP contribution in [-0.2, 0) is 0 Å². The molecule has 1 aliphatic rings. The Kier molecular flexibility index (Phi) is 1.95. The van der Waals surface area contributed by atoms with E-state index in [0.29, 0.717) is 0 Å². The molecule has 0 saturated heterocycles. The molecule has 1 N–H and O–H groups in total. The molecule has 0 aliphatic heterocycles. The van der Waals surface area contributed by atoms with E-state index in [1.54, 1.807) is 6.92 Å². The zero-order chi connectivity index (χ0) is 8.70. The SMILES string of the molecule is CC1CC(C)(O)CCC1(F)F. The lowest BCUT2D eigenvalue weighted by molar-refractivity contribution is -0.134. The van der Waals surface area contributed by atoms with Gasteiger partial charge in [-0.05, 0) is 19.8 Å². The van der Waals surface area contributed by atoms with Crippen LogP contribution in [0, 0.1) is 5.92 Å². The first-order valence-corrected chi connectivity index (χ1v) is 3.94. The molecule has 0 aromatic heterocycles. The lowest BCUT2D eigenvalue weighted by Gasteiger charge is -2.37. The van der Waals surface area contributed by atoms with Crippen molar-refractivity contribution < 1.29 is 13.9 Å². The number of alkyl halides is 2. The highest BCUT2D eigenvalue weighted by Crippen LogP contribution is 2.42. The van der Waals surface area contributed by atoms with Gasteiger partial charge in [-0.15, -0.1) is 0 Å². The topological polar surface area (TPSA) is 20.2 Å². The molecule has 0 aromatic rings. The monoisotopic (exact) mass is 164 g/mol. The molecule has 0 bridgehead atoms. The first kappa shape index (κ1) is 8.91. The smallest absolute Gasteiger partial charge is 0.250 e. The van der Waals surface area contributed by atoms with Gasteiger partial charge in [-0.3, -0.25) is 0 Å². The van der Waals surface area contributed by atoms with Gasteiger partial charge < -0.3 is 5.11 Å². The van der Waals surface area contributed by atoms with E-state index in [4.69, 9.17) is 0 Å². The van der Waals surface area contributed by atoms with Crippen LogP contribution < -0.4 is 0 Å². The average Bonchev–Trinajstić information content (AvgIpc) is 1.81. The predicted octanol–water partition coefficient (Wildman–Crippen LogP) is 2.19. The Morgan fingerprint density at radius 1 is 1.36 bits per heavy atom. The molecule has 1 rings (SSSR count). The standard InChI is InChI=1S/C8H14F2O/c1-6-5-7(2,11)3-4-8(6,9)10/h6,11H,3-5H2,1-2H3. The number of hydrogen-bond donors (Lipinski definition) is 1. The minimum absolute atomic E-state index is 0.179. The third kappa shape index (κ3) is 1.89. The van der Waals surface area contributed by atoms with Crippen LogP contribution >= 0.6 is 0 Å². The maximum Gasteiger partial charge on any atom is 0.250 e. The summed E-state index contributed by atoms with van der Waals surface area (Å²) in [5.41, 5.74) is -0.874. The summed E-state index contributed by atoms with van der Waals surface area (Å²) in [5.74, 6) is -3.26. The third-order valence-electron chi connectivity index (χ3n) is 2.46. The van der Waals surface area contributed by atoms with Crippen LogP contribution in [0.5, 0.6) is 0 Å². The maximum atomic E-state index is 12.8. The van der Waals surface area contributed by atoms with E-state index in [0.717, 1.165) is 0 Å². The lowest BCUT2D eigenvalue weighted by Crippen LogP contribution is -2.41. The fourth-order valence-electron chi connectivity index (χ4n) is 1.59. The maximum absolute atomic E-state index is 12.8. The molecule has 2 unspecified atom stereocenters. The summed E-state index contributed by atoms with van der Waals surface area (Å²) in [4.78, 5) is 0. The Hall–Kier alpha value is -0.180. The Morgan fingerprint density at radius 2 is 1.91 bits per heavy atom. The Morgan fingerprint density at radius 3 is 2.27 bits per heavy atom. The van der Waals surface area contributed by atoms with Gasteiger partial charge in [0.15, 0.2) is 0 Å². The summed E-state index contributed by atoms with van der Waals surface area (Å²) in [6.45, 7) is 3.12. The molecule has 1 fully saturated rings. The molecule has 2 atom stereocenters. The summed E-state index contributed by atoms with van der Waals surface area (Å²) >= 11 is 0. The second-order valence-electron chi connectivity index (χ2n) is 3.86. The quantitative estimate of drug-likeness (QED) is 0.582. The molecule has 0 amide bonds. The second kappa shape index (κ2) is 2.41. The predicted molar refractivity (Wildman–Crippen MR) is 38.6 cm³/mol. The summed E-state index contributed by atoms with van der Waals surface area (Å²) in [6, 6.07) is 0. The molecule has 0 heterocycles. The van der Waals surface area contributed by atoms with Crippen molar-refractivity contribution in [3.8, 4) is 0 Å². The highest BCUT2D eigenvalue weighted by molar-refractivity contribution is 4.89. The molecule has 0 aromatic carbocycles. The van der Waals surface area contributed by atoms with Crippen LogP contribution in [0.25, 0.3) is 0 Å². The summed E-state index contributed by atoms with van der Waals surface area (Å²) in [7, 11) is 0. The van der Waals surface area contributed by atoms with Gasteiger partial charge in [-0.2, -0.15) is 0 Å². The van der Waals surface area contributed by atoms with Crippen molar-refractivity contribution in [2.24, 2.45) is 5.92 Å². The van der Waals surface area contributed by atoms with E-state index in [1.807, 2.05) is 0 Å². The van der Waals surface area contributed by atoms with E-state index < -0.39 is 17.4 Å². The van der Waals surface area contributed by atoms with E-state index in [1.165, 1.54) is 6.92 Å². The van der Waals surface area contributed by atoms with Gasteiger partial charge >= 0.3 is 0 Å². The first-order chi connectivity index (χ1) is 4.83. The van der Waals surface area contributed by atoms with Crippen LogP contribution in [0.15, 0.2) is 0 Å². The average molecular weight is 164 g/mol. The van der Waals surface area contributed by atoms with Crippen LogP contribution in [0.4, 0.5) is 8.78 Å². The molecular weight excluding hydrogens is 150 g/mol. The second-order valence-corrected chi connectivity index (χ2v) is 3.86. The highest BCUT2D eigenvalue weighted by Gasteiger charge is 2.45. The first-order valence-electron chi connectivity index (χ1n) is 3.94. The fourth-order valence-corrected chi connectivity index (χ4v) is 1.59. The molecule has 66 valence electrons. The van der Waals surface area contributed by atoms with Crippen LogP contribution in [0.1, 0.15) is 33.1 Å². The van der Waals surface area contributed by atoms with Gasteiger partial charge in [0.2, 0.25) is 0 Å². The minimum atomic E-state index is -2.57. The molecular formula is C8H14F2O. The van der Waals surface area contributed by atoms with Crippen molar-refractivity contribution in [3.63, 3.8) is 0 Å². The van der Waals surface area contributed by atoms with E-state index in [-0.39, 0.29) is 19.3 Å². The molecule has 0 radical (unpaired) electrons. The summed E-state index contributed by atoms with van der Waals surface area (Å²) in [5, 5.41) is 9.44. The van der Waals surface area contributed by atoms with E-state index in [2.05, 4.69) is 0 Å². The van der Waals surface area contributed by atoms with Crippen LogP contribution in [0.3, 0.4) is 0 Å². The molecule has 0 spiro atoms. The van der Waals surface area contributed by atoms with E-state index >= 15 is 0 Å². The lowest BCUT2D eigenvalue weighted by atomic mass is 9.78. The van der Waals surface area contributed by atoms with E-state index in [9.17, 15) is 13.9 Å². The highest BCUT2D eigenvalue weighted by atomic mass is 19.3. The largest absolute Gasteiger partial charge is 0.390 e. The van der Waals surface area contributed by atoms with Crippen LogP contribution in [0.2, 0.25) is 0 Å². The van der Waals surface area contributed by atoms with Gasteiger partial charge in [0.05, 0.1) is 5.60 Å². The van der Waals surface area contributed by atoms with Crippen molar-refractivity contribution in [2.75, 3.05) is 0 Å². The van der Waals surface area contributed by atoms with Crippen molar-refractivity contribution in [1.82, 2.24) is 0 Å². The molecule has 1 nitrogen and oxygen atoms in total. The minimum Gasteiger partial charge on any atom is -0.390 e. The van der Waals surface area contributed by atoms with Gasteiger partial charge in [0, 0.05) is 12.3 Å². The number of halogens is 2. The molecule has 1 aliphatic carbocycles. The van der Waals surface area contributed by atoms with Crippen molar-refractivity contribution in [1.29, 1.82) is 0 Å². The molecule has 11 heavy (non-hydrogen) atoms. The van der Waals surface area contributed by atoms with Crippen molar-refractivity contribution in [2.45, 2.75) is 44.6 Å². The Bertz CT molecular complexity index is 154. The van der Waals surface area contributed by atoms with Crippen molar-refractivity contribution in [3.05, 3.63) is 0 Å².